The van der Waals surface area contributed by atoms with Gasteiger partial charge in [0.2, 0.25) is 15.9 Å². The molecule has 0 fully saturated rings. The quantitative estimate of drug-likeness (QED) is 0.409. The second-order valence-corrected chi connectivity index (χ2v) is 9.13. The SMILES string of the molecule is CCCCCCSCN(CC(N)=O)S(=O)(=O)Cc1ccccc1C(F)(F)F. The van der Waals surface area contributed by atoms with Gasteiger partial charge in [0, 0.05) is 0 Å². The molecule has 154 valence electrons. The number of hydrogen-bond acceptors (Lipinski definition) is 4. The van der Waals surface area contributed by atoms with Crippen LogP contribution < -0.4 is 5.73 Å². The van der Waals surface area contributed by atoms with E-state index in [0.29, 0.717) is 5.75 Å². The van der Waals surface area contributed by atoms with Crippen LogP contribution in [0, 0.1) is 0 Å². The molecule has 0 saturated heterocycles. The molecule has 27 heavy (non-hydrogen) atoms. The van der Waals surface area contributed by atoms with Crippen molar-refractivity contribution in [3.8, 4) is 0 Å². The average molecular weight is 427 g/mol. The summed E-state index contributed by atoms with van der Waals surface area (Å²) in [5, 5.41) is 0. The highest BCUT2D eigenvalue weighted by molar-refractivity contribution is 8.00. The molecule has 10 heteroatoms. The maximum atomic E-state index is 13.1. The van der Waals surface area contributed by atoms with E-state index in [0.717, 1.165) is 42.1 Å². The first-order valence-electron chi connectivity index (χ1n) is 8.57. The molecular weight excluding hydrogens is 401 g/mol. The van der Waals surface area contributed by atoms with Crippen molar-refractivity contribution < 1.29 is 26.4 Å². The molecule has 0 spiro atoms. The average Bonchev–Trinajstić information content (AvgIpc) is 2.55. The molecule has 0 radical (unpaired) electrons. The minimum atomic E-state index is -4.66. The number of carbonyl (C=O) groups is 1. The summed E-state index contributed by atoms with van der Waals surface area (Å²) in [6.45, 7) is 1.52. The number of thioether (sulfide) groups is 1. The lowest BCUT2D eigenvalue weighted by molar-refractivity contribution is -0.138. The maximum absolute atomic E-state index is 13.1. The lowest BCUT2D eigenvalue weighted by atomic mass is 10.1. The molecule has 0 aliphatic rings. The summed E-state index contributed by atoms with van der Waals surface area (Å²) in [7, 11) is -4.14. The molecule has 0 atom stereocenters. The Balaban J connectivity index is 2.87. The van der Waals surface area contributed by atoms with Crippen molar-refractivity contribution in [1.29, 1.82) is 0 Å². The lowest BCUT2D eigenvalue weighted by Crippen LogP contribution is -2.39. The van der Waals surface area contributed by atoms with Crippen LogP contribution in [-0.4, -0.2) is 36.8 Å². The van der Waals surface area contributed by atoms with Crippen molar-refractivity contribution in [2.24, 2.45) is 5.73 Å². The molecule has 1 aromatic carbocycles. The second-order valence-electron chi connectivity index (χ2n) is 6.09. The van der Waals surface area contributed by atoms with E-state index in [1.165, 1.54) is 23.9 Å². The van der Waals surface area contributed by atoms with Crippen LogP contribution >= 0.6 is 11.8 Å². The normalized spacial score (nSPS) is 12.5. The van der Waals surface area contributed by atoms with Crippen LogP contribution in [0.25, 0.3) is 0 Å². The Morgan fingerprint density at radius 1 is 1.19 bits per heavy atom. The molecule has 5 nitrogen and oxygen atoms in total. The summed E-state index contributed by atoms with van der Waals surface area (Å²) in [5.74, 6) is -1.02. The van der Waals surface area contributed by atoms with E-state index in [1.807, 2.05) is 0 Å². The second kappa shape index (κ2) is 10.9. The number of nitrogens with two attached hydrogens (primary N) is 1. The number of rotatable bonds is 12. The minimum Gasteiger partial charge on any atom is -0.369 e. The molecule has 0 aliphatic heterocycles. The highest BCUT2D eigenvalue weighted by Gasteiger charge is 2.35. The van der Waals surface area contributed by atoms with Crippen LogP contribution in [0.4, 0.5) is 13.2 Å². The molecule has 1 amide bonds. The number of hydrogen-bond donors (Lipinski definition) is 1. The van der Waals surface area contributed by atoms with E-state index in [-0.39, 0.29) is 11.4 Å². The van der Waals surface area contributed by atoms with Gasteiger partial charge in [0.05, 0.1) is 23.7 Å². The molecule has 1 rings (SSSR count). The van der Waals surface area contributed by atoms with E-state index in [2.05, 4.69) is 6.92 Å². The number of nitrogens with zero attached hydrogens (tertiary/aromatic N) is 1. The maximum Gasteiger partial charge on any atom is 0.416 e. The van der Waals surface area contributed by atoms with Crippen molar-refractivity contribution in [3.05, 3.63) is 35.4 Å². The van der Waals surface area contributed by atoms with Crippen LogP contribution in [0.2, 0.25) is 0 Å². The van der Waals surface area contributed by atoms with Crippen LogP contribution in [0.5, 0.6) is 0 Å². The van der Waals surface area contributed by atoms with Crippen molar-refractivity contribution in [2.45, 2.75) is 44.5 Å². The van der Waals surface area contributed by atoms with Crippen molar-refractivity contribution >= 4 is 27.7 Å². The number of unbranched alkanes of at least 4 members (excludes halogenated alkanes) is 3. The highest BCUT2D eigenvalue weighted by atomic mass is 32.2. The molecular formula is C17H25F3N2O3S2. The third-order valence-electron chi connectivity index (χ3n) is 3.76. The number of amides is 1. The number of carbonyl (C=O) groups excluding carboxylic acids is 1. The summed E-state index contributed by atoms with van der Waals surface area (Å²) in [6.07, 6.45) is -0.580. The largest absolute Gasteiger partial charge is 0.416 e. The number of alkyl halides is 3. The Morgan fingerprint density at radius 3 is 2.44 bits per heavy atom. The van der Waals surface area contributed by atoms with Gasteiger partial charge >= 0.3 is 6.18 Å². The van der Waals surface area contributed by atoms with E-state index in [4.69, 9.17) is 5.73 Å². The van der Waals surface area contributed by atoms with Crippen molar-refractivity contribution in [1.82, 2.24) is 4.31 Å². The van der Waals surface area contributed by atoms with Gasteiger partial charge < -0.3 is 5.73 Å². The fourth-order valence-corrected chi connectivity index (χ4v) is 5.26. The highest BCUT2D eigenvalue weighted by Crippen LogP contribution is 2.33. The van der Waals surface area contributed by atoms with Gasteiger partial charge in [-0.2, -0.15) is 17.5 Å². The van der Waals surface area contributed by atoms with Gasteiger partial charge in [-0.25, -0.2) is 8.42 Å². The third-order valence-corrected chi connectivity index (χ3v) is 6.72. The van der Waals surface area contributed by atoms with Gasteiger partial charge in [-0.15, -0.1) is 11.8 Å². The number of primary amides is 1. The zero-order chi connectivity index (χ0) is 20.5. The monoisotopic (exact) mass is 426 g/mol. The topological polar surface area (TPSA) is 80.5 Å². The first-order valence-corrected chi connectivity index (χ1v) is 11.3. The summed E-state index contributed by atoms with van der Waals surface area (Å²) < 4.78 is 65.4. The predicted molar refractivity (Wildman–Crippen MR) is 101 cm³/mol. The molecule has 0 aliphatic carbocycles. The van der Waals surface area contributed by atoms with Crippen LogP contribution in [0.3, 0.4) is 0 Å². The molecule has 0 unspecified atom stereocenters. The Hall–Kier alpha value is -1.26. The molecule has 0 saturated carbocycles. The van der Waals surface area contributed by atoms with Crippen LogP contribution in [0.15, 0.2) is 24.3 Å². The predicted octanol–water partition coefficient (Wildman–Crippen LogP) is 3.59. The number of sulfonamides is 1. The van der Waals surface area contributed by atoms with Crippen LogP contribution in [-0.2, 0) is 26.7 Å². The Labute approximate surface area is 162 Å². The molecule has 0 heterocycles. The van der Waals surface area contributed by atoms with E-state index >= 15 is 0 Å². The zero-order valence-corrected chi connectivity index (χ0v) is 16.8. The van der Waals surface area contributed by atoms with Gasteiger partial charge in [-0.05, 0) is 23.8 Å². The minimum absolute atomic E-state index is 0.0222. The number of benzene rings is 1. The van der Waals surface area contributed by atoms with Crippen molar-refractivity contribution in [3.63, 3.8) is 0 Å². The van der Waals surface area contributed by atoms with Gasteiger partial charge in [-0.1, -0.05) is 44.4 Å². The lowest BCUT2D eigenvalue weighted by Gasteiger charge is -2.21. The fourth-order valence-electron chi connectivity index (χ4n) is 2.41. The van der Waals surface area contributed by atoms with E-state index in [9.17, 15) is 26.4 Å². The third kappa shape index (κ3) is 8.52. The summed E-state index contributed by atoms with van der Waals surface area (Å²) >= 11 is 1.32. The van der Waals surface area contributed by atoms with Crippen LogP contribution in [0.1, 0.15) is 43.7 Å². The van der Waals surface area contributed by atoms with Gasteiger partial charge in [0.25, 0.3) is 0 Å². The van der Waals surface area contributed by atoms with E-state index < -0.39 is 40.0 Å². The van der Waals surface area contributed by atoms with Gasteiger partial charge in [-0.3, -0.25) is 4.79 Å². The molecule has 2 N–H and O–H groups in total. The molecule has 0 bridgehead atoms. The Bertz CT molecular complexity index is 710. The fraction of sp³-hybridized carbons (Fsp3) is 0.588. The summed E-state index contributed by atoms with van der Waals surface area (Å²) in [5.41, 5.74) is 3.76. The van der Waals surface area contributed by atoms with E-state index in [1.54, 1.807) is 0 Å². The molecule has 0 aromatic heterocycles. The molecule has 1 aromatic rings. The first-order chi connectivity index (χ1) is 12.6. The standard InChI is InChI=1S/C17H25F3N2O3S2/c1-2-3-4-7-10-26-13-22(11-16(21)23)27(24,25)12-14-8-5-6-9-15(14)17(18,19)20/h5-6,8-9H,2-4,7,10-13H2,1H3,(H2,21,23). The Kier molecular flexibility index (Phi) is 9.61. The summed E-state index contributed by atoms with van der Waals surface area (Å²) in [4.78, 5) is 11.2. The van der Waals surface area contributed by atoms with Gasteiger partial charge in [0.1, 0.15) is 0 Å². The smallest absolute Gasteiger partial charge is 0.369 e. The van der Waals surface area contributed by atoms with Crippen molar-refractivity contribution in [2.75, 3.05) is 18.2 Å². The van der Waals surface area contributed by atoms with Gasteiger partial charge in [0.15, 0.2) is 0 Å². The first kappa shape index (κ1) is 23.8. The Morgan fingerprint density at radius 2 is 1.85 bits per heavy atom. The summed E-state index contributed by atoms with van der Waals surface area (Å²) in [6, 6.07) is 4.51. The zero-order valence-electron chi connectivity index (χ0n) is 15.2. The number of halogens is 3.